The first-order valence-corrected chi connectivity index (χ1v) is 6.75. The van der Waals surface area contributed by atoms with Gasteiger partial charge in [0.15, 0.2) is 15.7 Å². The molecule has 1 N–H and O–H groups in total. The molecule has 5 nitrogen and oxygen atoms in total. The lowest BCUT2D eigenvalue weighted by atomic mass is 10.2. The van der Waals surface area contributed by atoms with Crippen LogP contribution in [-0.4, -0.2) is 38.2 Å². The summed E-state index contributed by atoms with van der Waals surface area (Å²) in [6.07, 6.45) is -5.07. The van der Waals surface area contributed by atoms with Gasteiger partial charge in [0.1, 0.15) is 16.3 Å². The predicted molar refractivity (Wildman–Crippen MR) is 57.4 cm³/mol. The van der Waals surface area contributed by atoms with Gasteiger partial charge in [0, 0.05) is 0 Å². The number of hydrogen-bond acceptors (Lipinski definition) is 4. The Morgan fingerprint density at radius 2 is 1.81 bits per heavy atom. The van der Waals surface area contributed by atoms with Crippen LogP contribution in [0.2, 0.25) is 0 Å². The first-order valence-electron chi connectivity index (χ1n) is 5.10. The van der Waals surface area contributed by atoms with Gasteiger partial charge in [-0.15, -0.1) is 13.2 Å². The minimum atomic E-state index is -5.07. The van der Waals surface area contributed by atoms with Crippen LogP contribution in [0.5, 0.6) is 0 Å². The molecule has 0 aliphatic carbocycles. The molecule has 0 saturated carbocycles. The van der Waals surface area contributed by atoms with Gasteiger partial charge in [-0.2, -0.15) is 0 Å². The van der Waals surface area contributed by atoms with Crippen molar-refractivity contribution in [1.82, 2.24) is 0 Å². The molecule has 1 aromatic rings. The molecule has 0 heterocycles. The van der Waals surface area contributed by atoms with Crippen LogP contribution in [0.15, 0.2) is 17.0 Å². The van der Waals surface area contributed by atoms with Gasteiger partial charge in [-0.3, -0.25) is 4.74 Å². The maximum Gasteiger partial charge on any atom is 0.522 e. The summed E-state index contributed by atoms with van der Waals surface area (Å²) in [5.74, 6) is -6.69. The van der Waals surface area contributed by atoms with Gasteiger partial charge in [0.25, 0.3) is 0 Å². The Balaban J connectivity index is 3.10. The van der Waals surface area contributed by atoms with E-state index in [2.05, 4.69) is 4.74 Å². The van der Waals surface area contributed by atoms with Gasteiger partial charge < -0.3 is 5.11 Å². The molecule has 0 aliphatic heterocycles. The average molecular weight is 334 g/mol. The van der Waals surface area contributed by atoms with E-state index in [9.17, 15) is 35.2 Å². The Kier molecular flexibility index (Phi) is 4.89. The summed E-state index contributed by atoms with van der Waals surface area (Å²) in [7, 11) is -4.62. The Hall–Kier alpha value is -1.75. The number of alkyl halides is 3. The van der Waals surface area contributed by atoms with E-state index in [0.29, 0.717) is 12.1 Å². The zero-order chi connectivity index (χ0) is 16.4. The maximum atomic E-state index is 13.7. The third-order valence-corrected chi connectivity index (χ3v) is 3.91. The topological polar surface area (TPSA) is 80.7 Å². The molecule has 0 amide bonds. The van der Waals surface area contributed by atoms with Crippen molar-refractivity contribution in [1.29, 1.82) is 0 Å². The summed E-state index contributed by atoms with van der Waals surface area (Å²) in [4.78, 5) is 9.40. The van der Waals surface area contributed by atoms with Crippen LogP contribution in [0.1, 0.15) is 10.4 Å². The third kappa shape index (κ3) is 4.36. The number of ether oxygens (including phenoxy) is 1. The second-order valence-electron chi connectivity index (χ2n) is 3.65. The first-order chi connectivity index (χ1) is 9.46. The molecule has 1 rings (SSSR count). The second-order valence-corrected chi connectivity index (χ2v) is 5.73. The van der Waals surface area contributed by atoms with Crippen LogP contribution in [0.4, 0.5) is 22.0 Å². The zero-order valence-corrected chi connectivity index (χ0v) is 10.8. The molecular formula is C10H7F5O5S. The lowest BCUT2D eigenvalue weighted by molar-refractivity contribution is -0.322. The van der Waals surface area contributed by atoms with E-state index in [1.807, 2.05) is 0 Å². The van der Waals surface area contributed by atoms with Crippen LogP contribution in [0, 0.1) is 11.6 Å². The van der Waals surface area contributed by atoms with Crippen LogP contribution in [0.3, 0.4) is 0 Å². The van der Waals surface area contributed by atoms with E-state index >= 15 is 0 Å². The molecular weight excluding hydrogens is 327 g/mol. The summed E-state index contributed by atoms with van der Waals surface area (Å²) in [5, 5.41) is 8.57. The van der Waals surface area contributed by atoms with Crippen LogP contribution < -0.4 is 0 Å². The molecule has 0 saturated heterocycles. The second kappa shape index (κ2) is 5.93. The lowest BCUT2D eigenvalue weighted by Gasteiger charge is -2.10. The predicted octanol–water partition coefficient (Wildman–Crippen LogP) is 1.97. The van der Waals surface area contributed by atoms with E-state index in [1.54, 1.807) is 0 Å². The van der Waals surface area contributed by atoms with E-state index in [0.717, 1.165) is 0 Å². The smallest absolute Gasteiger partial charge is 0.477 e. The van der Waals surface area contributed by atoms with E-state index in [4.69, 9.17) is 5.11 Å². The van der Waals surface area contributed by atoms with Gasteiger partial charge in [-0.25, -0.2) is 22.0 Å². The molecule has 1 aromatic carbocycles. The van der Waals surface area contributed by atoms with Crippen LogP contribution in [0.25, 0.3) is 0 Å². The molecule has 0 aliphatic rings. The van der Waals surface area contributed by atoms with Crippen molar-refractivity contribution in [2.45, 2.75) is 11.3 Å². The number of sulfone groups is 1. The van der Waals surface area contributed by atoms with E-state index in [1.165, 1.54) is 0 Å². The monoisotopic (exact) mass is 334 g/mol. The molecule has 0 bridgehead atoms. The van der Waals surface area contributed by atoms with E-state index < -0.39 is 56.6 Å². The van der Waals surface area contributed by atoms with Crippen molar-refractivity contribution in [3.8, 4) is 0 Å². The molecule has 0 fully saturated rings. The molecule has 11 heteroatoms. The van der Waals surface area contributed by atoms with Crippen LogP contribution in [-0.2, 0) is 14.6 Å². The molecule has 0 aromatic heterocycles. The number of aromatic carboxylic acids is 1. The highest BCUT2D eigenvalue weighted by molar-refractivity contribution is 7.91. The summed E-state index contributed by atoms with van der Waals surface area (Å²) < 4.78 is 88.4. The average Bonchev–Trinajstić information content (AvgIpc) is 2.25. The number of carboxylic acid groups (broad SMARTS) is 1. The number of rotatable bonds is 5. The van der Waals surface area contributed by atoms with Gasteiger partial charge in [-0.1, -0.05) is 0 Å². The number of benzene rings is 1. The van der Waals surface area contributed by atoms with Crippen molar-refractivity contribution in [3.63, 3.8) is 0 Å². The molecule has 0 atom stereocenters. The van der Waals surface area contributed by atoms with E-state index in [-0.39, 0.29) is 0 Å². The number of hydrogen-bond donors (Lipinski definition) is 1. The van der Waals surface area contributed by atoms with Crippen molar-refractivity contribution in [2.24, 2.45) is 0 Å². The highest BCUT2D eigenvalue weighted by Crippen LogP contribution is 2.23. The standard InChI is InChI=1S/C10H7F5O5S/c11-5-1-2-6(8(12)7(5)9(16)17)21(18,19)4-3-20-10(13,14)15/h1-2H,3-4H2,(H,16,17). The van der Waals surface area contributed by atoms with Gasteiger partial charge in [0.05, 0.1) is 12.4 Å². The molecule has 0 spiro atoms. The summed E-state index contributed by atoms with van der Waals surface area (Å²) in [6.45, 7) is -1.31. The van der Waals surface area contributed by atoms with Crippen molar-refractivity contribution in [2.75, 3.05) is 12.4 Å². The van der Waals surface area contributed by atoms with Gasteiger partial charge in [0.2, 0.25) is 0 Å². The quantitative estimate of drug-likeness (QED) is 0.658. The normalized spacial score (nSPS) is 12.4. The molecule has 0 unspecified atom stereocenters. The SMILES string of the molecule is O=C(O)c1c(F)ccc(S(=O)(=O)CCOC(F)(F)F)c1F. The Morgan fingerprint density at radius 1 is 1.24 bits per heavy atom. The number of carboxylic acids is 1. The summed E-state index contributed by atoms with van der Waals surface area (Å²) in [6, 6.07) is 0.823. The Labute approximate surface area is 114 Å². The fourth-order valence-corrected chi connectivity index (χ4v) is 2.52. The third-order valence-electron chi connectivity index (χ3n) is 2.22. The largest absolute Gasteiger partial charge is 0.522 e. The fraction of sp³-hybridized carbons (Fsp3) is 0.300. The molecule has 118 valence electrons. The Morgan fingerprint density at radius 3 is 2.29 bits per heavy atom. The fourth-order valence-electron chi connectivity index (χ4n) is 1.35. The van der Waals surface area contributed by atoms with Crippen molar-refractivity contribution >= 4 is 15.8 Å². The molecule has 0 radical (unpaired) electrons. The summed E-state index contributed by atoms with van der Waals surface area (Å²) >= 11 is 0. The molecule has 21 heavy (non-hydrogen) atoms. The Bertz CT molecular complexity index is 653. The minimum Gasteiger partial charge on any atom is -0.477 e. The van der Waals surface area contributed by atoms with Crippen LogP contribution >= 0.6 is 0 Å². The minimum absolute atomic E-state index is 0.393. The van der Waals surface area contributed by atoms with Gasteiger partial charge in [-0.05, 0) is 12.1 Å². The number of halogens is 5. The summed E-state index contributed by atoms with van der Waals surface area (Å²) in [5.41, 5.74) is -1.51. The first kappa shape index (κ1) is 17.3. The van der Waals surface area contributed by atoms with Crippen molar-refractivity contribution in [3.05, 3.63) is 29.3 Å². The highest BCUT2D eigenvalue weighted by Gasteiger charge is 2.31. The van der Waals surface area contributed by atoms with Crippen molar-refractivity contribution < 1.29 is 45.0 Å². The lowest BCUT2D eigenvalue weighted by Crippen LogP contribution is -2.21. The highest BCUT2D eigenvalue weighted by atomic mass is 32.2. The zero-order valence-electron chi connectivity index (χ0n) is 9.95. The number of carbonyl (C=O) groups is 1. The maximum absolute atomic E-state index is 13.7. The van der Waals surface area contributed by atoms with Gasteiger partial charge >= 0.3 is 12.3 Å².